The number of anilines is 2. The number of hydrogen-bond acceptors (Lipinski definition) is 6. The Labute approximate surface area is 216 Å². The largest absolute Gasteiger partial charge is 0.416 e. The van der Waals surface area contributed by atoms with Gasteiger partial charge in [0.25, 0.3) is 0 Å². The molecule has 12 heteroatoms. The van der Waals surface area contributed by atoms with Gasteiger partial charge >= 0.3 is 18.0 Å². The van der Waals surface area contributed by atoms with Gasteiger partial charge in [-0.15, -0.1) is 0 Å². The molecule has 2 aliphatic rings. The number of oxazole rings is 1. The van der Waals surface area contributed by atoms with Crippen LogP contribution in [0.5, 0.6) is 0 Å². The number of morpholine rings is 1. The predicted octanol–water partition coefficient (Wildman–Crippen LogP) is 4.65. The normalized spacial score (nSPS) is 18.2. The van der Waals surface area contributed by atoms with Crippen LogP contribution in [-0.4, -0.2) is 66.5 Å². The minimum atomic E-state index is -4.24. The van der Waals surface area contributed by atoms with Gasteiger partial charge in [0.1, 0.15) is 11.5 Å². The fraction of sp³-hybridized carbons (Fsp3) is 0.423. The third kappa shape index (κ3) is 6.01. The van der Waals surface area contributed by atoms with E-state index in [0.717, 1.165) is 16.7 Å². The van der Waals surface area contributed by atoms with Gasteiger partial charge < -0.3 is 24.3 Å². The molecule has 0 radical (unpaired) electrons. The maximum atomic E-state index is 12.8. The Hall–Kier alpha value is -3.80. The molecule has 0 bridgehead atoms. The topological polar surface area (TPSA) is 104 Å². The summed E-state index contributed by atoms with van der Waals surface area (Å²) >= 11 is 0. The third-order valence-corrected chi connectivity index (χ3v) is 6.82. The van der Waals surface area contributed by atoms with E-state index in [-0.39, 0.29) is 13.1 Å². The highest BCUT2D eigenvalue weighted by molar-refractivity contribution is 5.91. The quantitative estimate of drug-likeness (QED) is 0.497. The molecule has 2 saturated heterocycles. The molecule has 0 spiro atoms. The Morgan fingerprint density at radius 1 is 1.18 bits per heavy atom. The number of alkyl halides is 3. The van der Waals surface area contributed by atoms with Crippen LogP contribution >= 0.6 is 0 Å². The maximum Gasteiger partial charge on any atom is 0.416 e. The van der Waals surface area contributed by atoms with Gasteiger partial charge in [0, 0.05) is 38.3 Å². The van der Waals surface area contributed by atoms with Crippen molar-refractivity contribution in [3.8, 4) is 22.6 Å². The van der Waals surface area contributed by atoms with E-state index in [2.05, 4.69) is 15.2 Å². The van der Waals surface area contributed by atoms with Crippen LogP contribution in [0.1, 0.15) is 18.4 Å². The van der Waals surface area contributed by atoms with E-state index in [0.29, 0.717) is 55.7 Å². The summed E-state index contributed by atoms with van der Waals surface area (Å²) in [7, 11) is 0. The van der Waals surface area contributed by atoms with Crippen molar-refractivity contribution in [2.24, 2.45) is 5.92 Å². The number of ether oxygens (including phenoxy) is 1. The molecule has 1 atom stereocenters. The number of halogens is 3. The van der Waals surface area contributed by atoms with E-state index in [1.165, 1.54) is 11.1 Å². The summed E-state index contributed by atoms with van der Waals surface area (Å²) in [6, 6.07) is 8.78. The van der Waals surface area contributed by atoms with Crippen molar-refractivity contribution >= 4 is 17.5 Å². The molecule has 1 aromatic carbocycles. The molecule has 3 aromatic rings. The van der Waals surface area contributed by atoms with Crippen molar-refractivity contribution in [1.82, 2.24) is 14.9 Å². The van der Waals surface area contributed by atoms with Gasteiger partial charge in [0.05, 0.1) is 19.4 Å². The number of carbonyl (C=O) groups excluding carboxylic acids is 1. The van der Waals surface area contributed by atoms with Crippen molar-refractivity contribution in [3.63, 3.8) is 0 Å². The average molecular weight is 532 g/mol. The smallest absolute Gasteiger partial charge is 0.406 e. The first-order valence-electron chi connectivity index (χ1n) is 12.4. The molecule has 2 amide bonds. The number of rotatable bonds is 5. The fourth-order valence-electron chi connectivity index (χ4n) is 4.89. The van der Waals surface area contributed by atoms with Gasteiger partial charge in [-0.1, -0.05) is 6.07 Å². The van der Waals surface area contributed by atoms with E-state index in [9.17, 15) is 22.8 Å². The first kappa shape index (κ1) is 25.8. The number of benzene rings is 1. The zero-order valence-corrected chi connectivity index (χ0v) is 20.8. The van der Waals surface area contributed by atoms with Crippen LogP contribution in [0.25, 0.3) is 22.6 Å². The van der Waals surface area contributed by atoms with Crippen molar-refractivity contribution in [2.75, 3.05) is 49.6 Å². The SMILES string of the molecule is Cc1ccc(NC(=O)N2CC[C@@H](CC(F)(F)F)C2)cc1-c1cc(-c2c[nH]c(=O)o2)nc(N2CCOCC2)c1. The van der Waals surface area contributed by atoms with Crippen molar-refractivity contribution < 1.29 is 27.1 Å². The summed E-state index contributed by atoms with van der Waals surface area (Å²) in [6.07, 6.45) is -3.34. The number of H-pyrrole nitrogens is 1. The molecule has 0 unspecified atom stereocenters. The predicted molar refractivity (Wildman–Crippen MR) is 135 cm³/mol. The molecule has 9 nitrogen and oxygen atoms in total. The summed E-state index contributed by atoms with van der Waals surface area (Å²) in [5.74, 6) is -0.167. The third-order valence-electron chi connectivity index (χ3n) is 6.82. The molecular formula is C26H28F3N5O4. The summed E-state index contributed by atoms with van der Waals surface area (Å²) in [5.41, 5.74) is 3.57. The van der Waals surface area contributed by atoms with Gasteiger partial charge in [0.2, 0.25) is 0 Å². The van der Waals surface area contributed by atoms with Crippen molar-refractivity contribution in [1.29, 1.82) is 0 Å². The number of nitrogens with zero attached hydrogens (tertiary/aromatic N) is 3. The first-order valence-corrected chi connectivity index (χ1v) is 12.4. The number of pyridine rings is 1. The molecule has 202 valence electrons. The fourth-order valence-corrected chi connectivity index (χ4v) is 4.89. The van der Waals surface area contributed by atoms with Crippen LogP contribution in [-0.2, 0) is 4.74 Å². The highest BCUT2D eigenvalue weighted by Gasteiger charge is 2.36. The van der Waals surface area contributed by atoms with Crippen LogP contribution in [0.15, 0.2) is 45.7 Å². The monoisotopic (exact) mass is 531 g/mol. The number of nitrogens with one attached hydrogen (secondary N) is 2. The number of likely N-dealkylation sites (tertiary alicyclic amines) is 1. The van der Waals surface area contributed by atoms with E-state index in [1.807, 2.05) is 31.2 Å². The number of hydrogen-bond donors (Lipinski definition) is 2. The number of carbonyl (C=O) groups is 1. The molecule has 2 fully saturated rings. The standard InChI is InChI=1S/C26H28F3N5O4/c1-16-2-3-19(31-24(35)34-5-4-17(15-34)13-26(27,28)29)12-20(16)18-10-21(22-14-30-25(36)38-22)32-23(11-18)33-6-8-37-9-7-33/h2-3,10-12,14,17H,4-9,13,15H2,1H3,(H,30,36)(H,31,35)/t17-/m0/s1. The molecule has 2 N–H and O–H groups in total. The first-order chi connectivity index (χ1) is 18.1. The summed E-state index contributed by atoms with van der Waals surface area (Å²) in [6.45, 7) is 4.75. The highest BCUT2D eigenvalue weighted by atomic mass is 19.4. The number of urea groups is 1. The van der Waals surface area contributed by atoms with Crippen LogP contribution in [0, 0.1) is 12.8 Å². The number of aromatic nitrogens is 2. The Kier molecular flexibility index (Phi) is 7.15. The van der Waals surface area contributed by atoms with Gasteiger partial charge in [-0.05, 0) is 60.2 Å². The van der Waals surface area contributed by atoms with E-state index in [4.69, 9.17) is 14.1 Å². The Morgan fingerprint density at radius 3 is 2.68 bits per heavy atom. The lowest BCUT2D eigenvalue weighted by Gasteiger charge is -2.28. The van der Waals surface area contributed by atoms with E-state index < -0.39 is 30.3 Å². The summed E-state index contributed by atoms with van der Waals surface area (Å²) in [4.78, 5) is 35.2. The molecule has 0 saturated carbocycles. The zero-order valence-electron chi connectivity index (χ0n) is 20.8. The second-order valence-corrected chi connectivity index (χ2v) is 9.62. The molecule has 5 rings (SSSR count). The minimum Gasteiger partial charge on any atom is -0.406 e. The van der Waals surface area contributed by atoms with Gasteiger partial charge in [0.15, 0.2) is 5.76 Å². The molecular weight excluding hydrogens is 503 g/mol. The second kappa shape index (κ2) is 10.5. The zero-order chi connectivity index (χ0) is 26.9. The van der Waals surface area contributed by atoms with Crippen LogP contribution < -0.4 is 16.0 Å². The number of aromatic amines is 1. The minimum absolute atomic E-state index is 0.0720. The van der Waals surface area contributed by atoms with E-state index >= 15 is 0 Å². The lowest BCUT2D eigenvalue weighted by atomic mass is 9.99. The average Bonchev–Trinajstić information content (AvgIpc) is 3.53. The molecule has 38 heavy (non-hydrogen) atoms. The van der Waals surface area contributed by atoms with Crippen LogP contribution in [0.4, 0.5) is 29.5 Å². The Balaban J connectivity index is 1.41. The molecule has 2 aliphatic heterocycles. The van der Waals surface area contributed by atoms with Crippen molar-refractivity contribution in [2.45, 2.75) is 25.9 Å². The second-order valence-electron chi connectivity index (χ2n) is 9.62. The van der Waals surface area contributed by atoms with Crippen molar-refractivity contribution in [3.05, 3.63) is 52.6 Å². The van der Waals surface area contributed by atoms with Crippen LogP contribution in [0.3, 0.4) is 0 Å². The van der Waals surface area contributed by atoms with Crippen LogP contribution in [0.2, 0.25) is 0 Å². The van der Waals surface area contributed by atoms with Gasteiger partial charge in [-0.25, -0.2) is 14.6 Å². The lowest BCUT2D eigenvalue weighted by molar-refractivity contribution is -0.143. The van der Waals surface area contributed by atoms with Gasteiger partial charge in [-0.3, -0.25) is 4.98 Å². The molecule has 2 aromatic heterocycles. The summed E-state index contributed by atoms with van der Waals surface area (Å²) in [5, 5.41) is 2.83. The molecule has 0 aliphatic carbocycles. The lowest BCUT2D eigenvalue weighted by Crippen LogP contribution is -2.36. The highest BCUT2D eigenvalue weighted by Crippen LogP contribution is 2.34. The molecule has 4 heterocycles. The number of aryl methyl sites for hydroxylation is 1. The summed E-state index contributed by atoms with van der Waals surface area (Å²) < 4.78 is 49.0. The van der Waals surface area contributed by atoms with E-state index in [1.54, 1.807) is 6.07 Å². The maximum absolute atomic E-state index is 12.8. The Morgan fingerprint density at radius 2 is 1.97 bits per heavy atom. The number of amides is 2. The Bertz CT molecular complexity index is 1360. The van der Waals surface area contributed by atoms with Gasteiger partial charge in [-0.2, -0.15) is 13.2 Å².